The third-order valence-electron chi connectivity index (χ3n) is 3.19. The zero-order valence-electron chi connectivity index (χ0n) is 14.6. The summed E-state index contributed by atoms with van der Waals surface area (Å²) in [5.74, 6) is -0.735. The summed E-state index contributed by atoms with van der Waals surface area (Å²) >= 11 is 0. The molecule has 0 aliphatic rings. The molecule has 1 rings (SSSR count). The van der Waals surface area contributed by atoms with Gasteiger partial charge in [-0.2, -0.15) is 0 Å². The van der Waals surface area contributed by atoms with Gasteiger partial charge in [-0.05, 0) is 30.2 Å². The minimum Gasteiger partial charge on any atom is -0.497 e. The Morgan fingerprint density at radius 3 is 2.36 bits per heavy atom. The van der Waals surface area contributed by atoms with E-state index in [2.05, 4.69) is 0 Å². The molecule has 1 aromatic carbocycles. The summed E-state index contributed by atoms with van der Waals surface area (Å²) in [4.78, 5) is 34.6. The summed E-state index contributed by atoms with van der Waals surface area (Å²) < 4.78 is 15.4. The lowest BCUT2D eigenvalue weighted by molar-refractivity contribution is -0.153. The maximum Gasteiger partial charge on any atom is 0.331 e. The number of hydrogen-bond donors (Lipinski definition) is 2. The van der Waals surface area contributed by atoms with Gasteiger partial charge in [-0.15, -0.1) is 0 Å². The van der Waals surface area contributed by atoms with Crippen molar-refractivity contribution in [2.75, 3.05) is 14.2 Å². The monoisotopic (exact) mass is 350 g/mol. The highest BCUT2D eigenvalue weighted by Gasteiger charge is 2.26. The van der Waals surface area contributed by atoms with Gasteiger partial charge in [0.2, 0.25) is 0 Å². The molecule has 3 N–H and O–H groups in total. The van der Waals surface area contributed by atoms with Crippen molar-refractivity contribution in [3.63, 3.8) is 0 Å². The Hall–Kier alpha value is -3.03. The van der Waals surface area contributed by atoms with E-state index in [1.54, 1.807) is 32.0 Å². The average Bonchev–Trinajstić information content (AvgIpc) is 2.56. The van der Waals surface area contributed by atoms with E-state index in [1.165, 1.54) is 20.3 Å². The molecule has 0 radical (unpaired) electrons. The number of carbonyl (C=O) groups excluding carboxylic acids is 3. The van der Waals surface area contributed by atoms with E-state index in [-0.39, 0.29) is 5.92 Å². The van der Waals surface area contributed by atoms with Crippen molar-refractivity contribution in [1.29, 1.82) is 0 Å². The van der Waals surface area contributed by atoms with Crippen LogP contribution in [-0.4, -0.2) is 38.2 Å². The summed E-state index contributed by atoms with van der Waals surface area (Å²) in [7, 11) is 3.02. The van der Waals surface area contributed by atoms with Crippen LogP contribution in [0.15, 0.2) is 24.3 Å². The van der Waals surface area contributed by atoms with Crippen LogP contribution in [0, 0.1) is 5.92 Å². The lowest BCUT2D eigenvalue weighted by atomic mass is 10.1. The number of urea groups is 1. The molecule has 0 aliphatic carbocycles. The van der Waals surface area contributed by atoms with Crippen LogP contribution in [0.4, 0.5) is 4.79 Å². The van der Waals surface area contributed by atoms with E-state index in [0.717, 1.165) is 6.08 Å². The predicted molar refractivity (Wildman–Crippen MR) is 91.0 cm³/mol. The van der Waals surface area contributed by atoms with Gasteiger partial charge in [0.15, 0.2) is 6.10 Å². The smallest absolute Gasteiger partial charge is 0.331 e. The molecule has 0 unspecified atom stereocenters. The number of imide groups is 1. The van der Waals surface area contributed by atoms with E-state index < -0.39 is 24.0 Å². The number of nitrogens with one attached hydrogen (secondary N) is 1. The number of benzene rings is 1. The Labute approximate surface area is 145 Å². The minimum atomic E-state index is -1.14. The van der Waals surface area contributed by atoms with Gasteiger partial charge < -0.3 is 19.9 Å². The van der Waals surface area contributed by atoms with E-state index in [9.17, 15) is 14.4 Å². The Balaban J connectivity index is 2.88. The van der Waals surface area contributed by atoms with Crippen molar-refractivity contribution in [2.24, 2.45) is 11.7 Å². The SMILES string of the molecule is COc1ccc(OC)c(/C=C/C(=O)O[C@@H](C(=O)NC(N)=O)C(C)C)c1. The molecule has 1 aromatic rings. The van der Waals surface area contributed by atoms with Gasteiger partial charge in [0.05, 0.1) is 14.2 Å². The molecule has 0 saturated carbocycles. The first kappa shape index (κ1) is 20.0. The Morgan fingerprint density at radius 2 is 1.84 bits per heavy atom. The molecule has 0 spiro atoms. The molecule has 0 fully saturated rings. The number of methoxy groups -OCH3 is 2. The minimum absolute atomic E-state index is 0.344. The maximum atomic E-state index is 12.0. The summed E-state index contributed by atoms with van der Waals surface area (Å²) in [6, 6.07) is 4.09. The lowest BCUT2D eigenvalue weighted by Crippen LogP contribution is -2.45. The van der Waals surface area contributed by atoms with Crippen LogP contribution in [0.5, 0.6) is 11.5 Å². The van der Waals surface area contributed by atoms with E-state index in [1.807, 2.05) is 5.32 Å². The second-order valence-corrected chi connectivity index (χ2v) is 5.40. The number of carbonyl (C=O) groups is 3. The van der Waals surface area contributed by atoms with Gasteiger partial charge in [-0.3, -0.25) is 10.1 Å². The largest absolute Gasteiger partial charge is 0.497 e. The molecule has 0 saturated heterocycles. The molecule has 8 nitrogen and oxygen atoms in total. The fourth-order valence-electron chi connectivity index (χ4n) is 1.98. The standard InChI is InChI=1S/C17H22N2O6/c1-10(2)15(16(21)19-17(18)22)25-14(20)8-5-11-9-12(23-3)6-7-13(11)24-4/h5-10,15H,1-4H3,(H3,18,19,21,22)/b8-5+/t15-/m1/s1. The fraction of sp³-hybridized carbons (Fsp3) is 0.353. The third kappa shape index (κ3) is 6.17. The molecule has 1 atom stereocenters. The van der Waals surface area contributed by atoms with Gasteiger partial charge in [-0.25, -0.2) is 9.59 Å². The lowest BCUT2D eigenvalue weighted by Gasteiger charge is -2.18. The molecular formula is C17H22N2O6. The predicted octanol–water partition coefficient (Wildman–Crippen LogP) is 1.48. The van der Waals surface area contributed by atoms with Crippen molar-refractivity contribution in [3.05, 3.63) is 29.8 Å². The first-order valence-corrected chi connectivity index (χ1v) is 7.49. The zero-order chi connectivity index (χ0) is 19.0. The third-order valence-corrected chi connectivity index (χ3v) is 3.19. The summed E-state index contributed by atoms with van der Waals surface area (Å²) in [6.45, 7) is 3.35. The van der Waals surface area contributed by atoms with Gasteiger partial charge in [-0.1, -0.05) is 13.8 Å². The summed E-state index contributed by atoms with van der Waals surface area (Å²) in [6.07, 6.45) is 1.49. The van der Waals surface area contributed by atoms with Crippen LogP contribution >= 0.6 is 0 Å². The van der Waals surface area contributed by atoms with Crippen molar-refractivity contribution < 1.29 is 28.6 Å². The number of amides is 3. The fourth-order valence-corrected chi connectivity index (χ4v) is 1.98. The number of ether oxygens (including phenoxy) is 3. The Bertz CT molecular complexity index is 669. The number of rotatable bonds is 7. The van der Waals surface area contributed by atoms with Crippen LogP contribution in [-0.2, 0) is 14.3 Å². The van der Waals surface area contributed by atoms with Crippen molar-refractivity contribution in [1.82, 2.24) is 5.32 Å². The average molecular weight is 350 g/mol. The molecule has 3 amide bonds. The Kier molecular flexibility index (Phi) is 7.45. The molecule has 8 heteroatoms. The molecular weight excluding hydrogens is 328 g/mol. The highest BCUT2D eigenvalue weighted by molar-refractivity contribution is 5.97. The molecule has 25 heavy (non-hydrogen) atoms. The summed E-state index contributed by atoms with van der Waals surface area (Å²) in [5.41, 5.74) is 5.50. The Morgan fingerprint density at radius 1 is 1.16 bits per heavy atom. The first-order chi connectivity index (χ1) is 11.8. The second kappa shape index (κ2) is 9.31. The van der Waals surface area contributed by atoms with Gasteiger partial charge in [0, 0.05) is 11.6 Å². The molecule has 0 aliphatic heterocycles. The molecule has 0 aromatic heterocycles. The number of esters is 1. The topological polar surface area (TPSA) is 117 Å². The van der Waals surface area contributed by atoms with Crippen LogP contribution in [0.3, 0.4) is 0 Å². The van der Waals surface area contributed by atoms with Gasteiger partial charge >= 0.3 is 12.0 Å². The quantitative estimate of drug-likeness (QED) is 0.568. The second-order valence-electron chi connectivity index (χ2n) is 5.40. The first-order valence-electron chi connectivity index (χ1n) is 7.49. The van der Waals surface area contributed by atoms with Crippen LogP contribution in [0.2, 0.25) is 0 Å². The highest BCUT2D eigenvalue weighted by Crippen LogP contribution is 2.25. The molecule has 0 bridgehead atoms. The summed E-state index contributed by atoms with van der Waals surface area (Å²) in [5, 5.41) is 1.90. The highest BCUT2D eigenvalue weighted by atomic mass is 16.5. The normalized spacial score (nSPS) is 11.9. The number of nitrogens with two attached hydrogens (primary N) is 1. The zero-order valence-corrected chi connectivity index (χ0v) is 14.6. The van der Waals surface area contributed by atoms with Crippen molar-refractivity contribution in [2.45, 2.75) is 20.0 Å². The van der Waals surface area contributed by atoms with E-state index in [4.69, 9.17) is 19.9 Å². The molecule has 136 valence electrons. The van der Waals surface area contributed by atoms with E-state index >= 15 is 0 Å². The van der Waals surface area contributed by atoms with Crippen LogP contribution in [0.1, 0.15) is 19.4 Å². The molecule has 0 heterocycles. The van der Waals surface area contributed by atoms with Crippen molar-refractivity contribution >= 4 is 24.0 Å². The van der Waals surface area contributed by atoms with Gasteiger partial charge in [0.1, 0.15) is 11.5 Å². The number of primary amides is 1. The van der Waals surface area contributed by atoms with E-state index in [0.29, 0.717) is 17.1 Å². The van der Waals surface area contributed by atoms with Gasteiger partial charge in [0.25, 0.3) is 5.91 Å². The van der Waals surface area contributed by atoms with Crippen molar-refractivity contribution in [3.8, 4) is 11.5 Å². The maximum absolute atomic E-state index is 12.0. The van der Waals surface area contributed by atoms with Crippen LogP contribution in [0.25, 0.3) is 6.08 Å². The number of hydrogen-bond acceptors (Lipinski definition) is 6. The van der Waals surface area contributed by atoms with Crippen LogP contribution < -0.4 is 20.5 Å².